The topological polar surface area (TPSA) is 111 Å². The third kappa shape index (κ3) is 7.07. The van der Waals surface area contributed by atoms with E-state index in [1.807, 2.05) is 46.8 Å². The molecule has 146 valence electrons. The van der Waals surface area contributed by atoms with Gasteiger partial charge < -0.3 is 16.8 Å². The molecule has 0 aromatic carbocycles. The first kappa shape index (κ1) is 22.1. The first-order chi connectivity index (χ1) is 12.6. The van der Waals surface area contributed by atoms with Crippen LogP contribution < -0.4 is 16.8 Å². The highest BCUT2D eigenvalue weighted by Gasteiger charge is 2.22. The van der Waals surface area contributed by atoms with E-state index in [0.29, 0.717) is 11.4 Å². The van der Waals surface area contributed by atoms with E-state index in [1.54, 1.807) is 24.3 Å². The van der Waals surface area contributed by atoms with Crippen LogP contribution in [0, 0.1) is 0 Å². The lowest BCUT2D eigenvalue weighted by Gasteiger charge is -2.19. The molecule has 1 unspecified atom stereocenters. The number of nitrogens with one attached hydrogen (secondary N) is 1. The maximum Gasteiger partial charge on any atom is 0.272 e. The van der Waals surface area contributed by atoms with Crippen LogP contribution in [0.15, 0.2) is 53.2 Å². The molecule has 7 heteroatoms. The second kappa shape index (κ2) is 9.68. The first-order valence-corrected chi connectivity index (χ1v) is 8.64. The molecule has 1 aromatic rings. The minimum Gasteiger partial charge on any atom is -0.405 e. The van der Waals surface area contributed by atoms with Crippen LogP contribution in [0.5, 0.6) is 0 Å². The summed E-state index contributed by atoms with van der Waals surface area (Å²) >= 11 is 0. The second-order valence-corrected chi connectivity index (χ2v) is 7.28. The number of hydrogen-bond donors (Lipinski definition) is 3. The molecule has 0 aliphatic rings. The predicted molar refractivity (Wildman–Crippen MR) is 112 cm³/mol. The summed E-state index contributed by atoms with van der Waals surface area (Å²) in [4.78, 5) is 16.6. The van der Waals surface area contributed by atoms with E-state index in [4.69, 9.17) is 11.5 Å². The Bertz CT molecular complexity index is 786. The Balaban J connectivity index is 3.44. The normalized spacial score (nSPS) is 13.8. The van der Waals surface area contributed by atoms with E-state index in [0.717, 1.165) is 5.57 Å². The molecule has 0 fully saturated rings. The van der Waals surface area contributed by atoms with Crippen LogP contribution in [0.3, 0.4) is 0 Å². The summed E-state index contributed by atoms with van der Waals surface area (Å²) in [5.41, 5.74) is 13.7. The van der Waals surface area contributed by atoms with Gasteiger partial charge in [-0.25, -0.2) is 4.68 Å². The number of aliphatic imine (C=N–C) groups is 1. The van der Waals surface area contributed by atoms with E-state index < -0.39 is 6.17 Å². The number of nitrogens with zero attached hydrogens (tertiary/aromatic N) is 3. The highest BCUT2D eigenvalue weighted by atomic mass is 16.2. The largest absolute Gasteiger partial charge is 0.405 e. The summed E-state index contributed by atoms with van der Waals surface area (Å²) in [5.74, 6) is -0.286. The SMILES string of the molecule is C=N/C(=C\C=C(C)C)c1cc(C(=O)NC(C)(C)C)nn1C(N)C=C/C=C\N. The van der Waals surface area contributed by atoms with Gasteiger partial charge in [0, 0.05) is 5.54 Å². The smallest absolute Gasteiger partial charge is 0.272 e. The van der Waals surface area contributed by atoms with Crippen molar-refractivity contribution in [3.8, 4) is 0 Å². The summed E-state index contributed by atoms with van der Waals surface area (Å²) in [7, 11) is 0. The van der Waals surface area contributed by atoms with Gasteiger partial charge in [0.1, 0.15) is 6.17 Å². The molecule has 27 heavy (non-hydrogen) atoms. The van der Waals surface area contributed by atoms with E-state index in [9.17, 15) is 4.79 Å². The van der Waals surface area contributed by atoms with E-state index in [1.165, 1.54) is 10.9 Å². The Labute approximate surface area is 161 Å². The Morgan fingerprint density at radius 1 is 1.33 bits per heavy atom. The first-order valence-electron chi connectivity index (χ1n) is 8.64. The van der Waals surface area contributed by atoms with E-state index in [2.05, 4.69) is 22.1 Å². The van der Waals surface area contributed by atoms with Gasteiger partial charge in [-0.15, -0.1) is 0 Å². The average Bonchev–Trinajstić information content (AvgIpc) is 2.99. The molecular formula is C20H30N6O. The molecule has 1 atom stereocenters. The van der Waals surface area contributed by atoms with E-state index in [-0.39, 0.29) is 17.1 Å². The number of allylic oxidation sites excluding steroid dienone is 5. The lowest BCUT2D eigenvalue weighted by molar-refractivity contribution is 0.0913. The predicted octanol–water partition coefficient (Wildman–Crippen LogP) is 2.91. The number of hydrogen-bond acceptors (Lipinski definition) is 5. The van der Waals surface area contributed by atoms with Crippen molar-refractivity contribution in [2.24, 2.45) is 16.5 Å². The summed E-state index contributed by atoms with van der Waals surface area (Å²) < 4.78 is 1.54. The molecule has 0 spiro atoms. The number of rotatable bonds is 7. The molecule has 1 amide bonds. The van der Waals surface area contributed by atoms with Crippen LogP contribution in [-0.4, -0.2) is 27.9 Å². The molecule has 0 bridgehead atoms. The third-order valence-corrected chi connectivity index (χ3v) is 3.28. The molecule has 0 radical (unpaired) electrons. The van der Waals surface area contributed by atoms with Gasteiger partial charge in [0.25, 0.3) is 5.91 Å². The van der Waals surface area contributed by atoms with Gasteiger partial charge in [0.15, 0.2) is 5.69 Å². The minimum absolute atomic E-state index is 0.255. The Kier molecular flexibility index (Phi) is 7.93. The molecule has 0 saturated carbocycles. The van der Waals surface area contributed by atoms with Crippen molar-refractivity contribution in [3.63, 3.8) is 0 Å². The molecule has 0 aliphatic carbocycles. The van der Waals surface area contributed by atoms with Crippen molar-refractivity contribution in [2.45, 2.75) is 46.3 Å². The highest BCUT2D eigenvalue weighted by molar-refractivity contribution is 5.93. The van der Waals surface area contributed by atoms with Crippen LogP contribution in [0.4, 0.5) is 0 Å². The molecule has 1 heterocycles. The van der Waals surface area contributed by atoms with Crippen molar-refractivity contribution in [1.82, 2.24) is 15.1 Å². The van der Waals surface area contributed by atoms with Crippen LogP contribution in [0.2, 0.25) is 0 Å². The fraction of sp³-hybridized carbons (Fsp3) is 0.350. The van der Waals surface area contributed by atoms with Gasteiger partial charge in [-0.2, -0.15) is 5.10 Å². The van der Waals surface area contributed by atoms with Crippen LogP contribution in [0.1, 0.15) is 57.0 Å². The number of aromatic nitrogens is 2. The van der Waals surface area contributed by atoms with Crippen molar-refractivity contribution < 1.29 is 4.79 Å². The fourth-order valence-electron chi connectivity index (χ4n) is 2.12. The van der Waals surface area contributed by atoms with Crippen LogP contribution >= 0.6 is 0 Å². The lowest BCUT2D eigenvalue weighted by Crippen LogP contribution is -2.40. The molecule has 0 saturated heterocycles. The van der Waals surface area contributed by atoms with Gasteiger partial charge >= 0.3 is 0 Å². The number of carbonyl (C=O) groups excluding carboxylic acids is 1. The van der Waals surface area contributed by atoms with Crippen molar-refractivity contribution in [3.05, 3.63) is 59.6 Å². The number of carbonyl (C=O) groups is 1. The van der Waals surface area contributed by atoms with Crippen molar-refractivity contribution >= 4 is 18.3 Å². The maximum atomic E-state index is 12.5. The quantitative estimate of drug-likeness (QED) is 0.506. The monoisotopic (exact) mass is 370 g/mol. The van der Waals surface area contributed by atoms with Gasteiger partial charge in [0.2, 0.25) is 0 Å². The number of nitrogens with two attached hydrogens (primary N) is 2. The van der Waals surface area contributed by atoms with E-state index >= 15 is 0 Å². The molecule has 0 aliphatic heterocycles. The summed E-state index contributed by atoms with van der Waals surface area (Å²) in [6.45, 7) is 13.3. The average molecular weight is 371 g/mol. The zero-order valence-electron chi connectivity index (χ0n) is 16.7. The third-order valence-electron chi connectivity index (χ3n) is 3.28. The van der Waals surface area contributed by atoms with Crippen LogP contribution in [0.25, 0.3) is 5.70 Å². The summed E-state index contributed by atoms with van der Waals surface area (Å²) in [6, 6.07) is 1.66. The summed E-state index contributed by atoms with van der Waals surface area (Å²) in [6.07, 6.45) is 9.61. The molecular weight excluding hydrogens is 340 g/mol. The molecule has 1 rings (SSSR count). The molecule has 1 aromatic heterocycles. The zero-order valence-corrected chi connectivity index (χ0v) is 16.7. The molecule has 5 N–H and O–H groups in total. The molecule has 7 nitrogen and oxygen atoms in total. The maximum absolute atomic E-state index is 12.5. The number of amides is 1. The van der Waals surface area contributed by atoms with Crippen molar-refractivity contribution in [1.29, 1.82) is 0 Å². The Morgan fingerprint density at radius 2 is 2.00 bits per heavy atom. The highest BCUT2D eigenvalue weighted by Crippen LogP contribution is 2.21. The zero-order chi connectivity index (χ0) is 20.6. The minimum atomic E-state index is -0.607. The van der Waals surface area contributed by atoms with Gasteiger partial charge in [0.05, 0.1) is 11.4 Å². The summed E-state index contributed by atoms with van der Waals surface area (Å²) in [5, 5.41) is 7.29. The van der Waals surface area contributed by atoms with Crippen molar-refractivity contribution in [2.75, 3.05) is 0 Å². The Morgan fingerprint density at radius 3 is 2.52 bits per heavy atom. The second-order valence-electron chi connectivity index (χ2n) is 7.28. The lowest BCUT2D eigenvalue weighted by atomic mass is 10.1. The Hall–Kier alpha value is -2.93. The van der Waals surface area contributed by atoms with Gasteiger partial charge in [-0.05, 0) is 71.8 Å². The standard InChI is InChI=1S/C20H30N6O/c1-14(2)10-11-15(23-6)17-13-16(19(27)24-20(3,4)5)25-26(17)18(22)9-7-8-12-21/h7-13,18H,6,21-22H2,1-5H3,(H,24,27)/b9-7?,12-8-,15-11-. The van der Waals surface area contributed by atoms with Crippen LogP contribution in [-0.2, 0) is 0 Å². The fourth-order valence-corrected chi connectivity index (χ4v) is 2.12. The van der Waals surface area contributed by atoms with Gasteiger partial charge in [-0.3, -0.25) is 9.79 Å². The van der Waals surface area contributed by atoms with Gasteiger partial charge in [-0.1, -0.05) is 17.7 Å².